The highest BCUT2D eigenvalue weighted by atomic mass is 32.1. The van der Waals surface area contributed by atoms with E-state index in [4.69, 9.17) is 0 Å². The van der Waals surface area contributed by atoms with E-state index >= 15 is 0 Å². The van der Waals surface area contributed by atoms with E-state index in [-0.39, 0.29) is 11.9 Å². The second-order valence-corrected chi connectivity index (χ2v) is 6.01. The van der Waals surface area contributed by atoms with Gasteiger partial charge in [0, 0.05) is 42.5 Å². The summed E-state index contributed by atoms with van der Waals surface area (Å²) in [5.41, 5.74) is 1.47. The van der Waals surface area contributed by atoms with E-state index in [0.717, 1.165) is 36.5 Å². The maximum atomic E-state index is 12.1. The van der Waals surface area contributed by atoms with E-state index in [1.807, 2.05) is 27.4 Å². The van der Waals surface area contributed by atoms with Crippen LogP contribution in [-0.2, 0) is 0 Å². The molecule has 22 heavy (non-hydrogen) atoms. The molecule has 8 heteroatoms. The van der Waals surface area contributed by atoms with Gasteiger partial charge in [0.25, 0.3) is 5.91 Å². The molecule has 0 saturated carbocycles. The number of anilines is 1. The van der Waals surface area contributed by atoms with Crippen LogP contribution in [0.2, 0.25) is 0 Å². The molecule has 4 heterocycles. The van der Waals surface area contributed by atoms with Crippen LogP contribution < -0.4 is 10.2 Å². The Hall–Kier alpha value is -2.48. The largest absolute Gasteiger partial charge is 0.351 e. The lowest BCUT2D eigenvalue weighted by Crippen LogP contribution is -2.37. The summed E-state index contributed by atoms with van der Waals surface area (Å²) in [6, 6.07) is 1.96. The van der Waals surface area contributed by atoms with Crippen molar-refractivity contribution in [1.82, 2.24) is 24.9 Å². The number of carbonyl (C=O) groups is 1. The van der Waals surface area contributed by atoms with Crippen LogP contribution in [0.3, 0.4) is 0 Å². The van der Waals surface area contributed by atoms with Crippen LogP contribution in [-0.4, -0.2) is 44.6 Å². The first-order chi connectivity index (χ1) is 10.8. The van der Waals surface area contributed by atoms with E-state index in [1.54, 1.807) is 12.5 Å². The van der Waals surface area contributed by atoms with E-state index in [0.29, 0.717) is 0 Å². The zero-order valence-electron chi connectivity index (χ0n) is 11.7. The number of carbonyl (C=O) groups excluding carboxylic acids is 1. The summed E-state index contributed by atoms with van der Waals surface area (Å²) in [5, 5.41) is 14.9. The molecule has 1 fully saturated rings. The molecule has 3 aromatic heterocycles. The zero-order chi connectivity index (χ0) is 14.9. The maximum Gasteiger partial charge on any atom is 0.252 e. The van der Waals surface area contributed by atoms with Gasteiger partial charge in [0.2, 0.25) is 5.65 Å². The molecule has 1 saturated heterocycles. The van der Waals surface area contributed by atoms with Crippen molar-refractivity contribution < 1.29 is 4.79 Å². The minimum absolute atomic E-state index is 0.0123. The molecule has 0 aliphatic carbocycles. The molecule has 0 bridgehead atoms. The Morgan fingerprint density at radius 1 is 1.45 bits per heavy atom. The van der Waals surface area contributed by atoms with Crippen LogP contribution in [0.1, 0.15) is 16.8 Å². The van der Waals surface area contributed by atoms with Gasteiger partial charge < -0.3 is 10.2 Å². The number of aromatic nitrogens is 4. The minimum atomic E-state index is -0.0123. The SMILES string of the molecule is O=C(N[C@H]1CCN(c2nccn3cnnc23)C1)c1ccsc1. The highest BCUT2D eigenvalue weighted by molar-refractivity contribution is 7.08. The molecule has 3 aromatic rings. The molecule has 7 nitrogen and oxygen atoms in total. The van der Waals surface area contributed by atoms with Crippen LogP contribution in [0, 0.1) is 0 Å². The molecule has 1 N–H and O–H groups in total. The van der Waals surface area contributed by atoms with Gasteiger partial charge in [-0.25, -0.2) is 4.98 Å². The molecule has 4 rings (SSSR count). The second kappa shape index (κ2) is 5.38. The molecule has 0 radical (unpaired) electrons. The number of nitrogens with zero attached hydrogens (tertiary/aromatic N) is 5. The fraction of sp³-hybridized carbons (Fsp3) is 0.286. The fourth-order valence-electron chi connectivity index (χ4n) is 2.70. The quantitative estimate of drug-likeness (QED) is 0.786. The molecule has 0 unspecified atom stereocenters. The van der Waals surface area contributed by atoms with Crippen molar-refractivity contribution >= 4 is 28.7 Å². The summed E-state index contributed by atoms with van der Waals surface area (Å²) >= 11 is 1.53. The Bertz CT molecular complexity index is 799. The van der Waals surface area contributed by atoms with Crippen molar-refractivity contribution in [3.05, 3.63) is 41.1 Å². The molecule has 0 aromatic carbocycles. The van der Waals surface area contributed by atoms with Crippen LogP contribution in [0.5, 0.6) is 0 Å². The van der Waals surface area contributed by atoms with Crippen molar-refractivity contribution in [1.29, 1.82) is 0 Å². The molecule has 112 valence electrons. The number of hydrogen-bond acceptors (Lipinski definition) is 6. The van der Waals surface area contributed by atoms with Gasteiger partial charge in [0.15, 0.2) is 5.82 Å². The van der Waals surface area contributed by atoms with E-state index in [2.05, 4.69) is 25.4 Å². The predicted molar refractivity (Wildman–Crippen MR) is 83.2 cm³/mol. The summed E-state index contributed by atoms with van der Waals surface area (Å²) in [5.74, 6) is 0.800. The zero-order valence-corrected chi connectivity index (χ0v) is 12.5. The highest BCUT2D eigenvalue weighted by Gasteiger charge is 2.27. The molecule has 1 amide bonds. The molecular weight excluding hydrogens is 300 g/mol. The van der Waals surface area contributed by atoms with Crippen LogP contribution in [0.15, 0.2) is 35.5 Å². The van der Waals surface area contributed by atoms with Crippen LogP contribution in [0.25, 0.3) is 5.65 Å². The van der Waals surface area contributed by atoms with Crippen molar-refractivity contribution in [3.8, 4) is 0 Å². The molecular formula is C14H14N6OS. The topological polar surface area (TPSA) is 75.4 Å². The monoisotopic (exact) mass is 314 g/mol. The van der Waals surface area contributed by atoms with Crippen LogP contribution >= 0.6 is 11.3 Å². The maximum absolute atomic E-state index is 12.1. The van der Waals surface area contributed by atoms with E-state index < -0.39 is 0 Å². The Balaban J connectivity index is 1.48. The fourth-order valence-corrected chi connectivity index (χ4v) is 3.34. The smallest absolute Gasteiger partial charge is 0.252 e. The average molecular weight is 314 g/mol. The third-order valence-electron chi connectivity index (χ3n) is 3.80. The van der Waals surface area contributed by atoms with Gasteiger partial charge in [-0.15, -0.1) is 10.2 Å². The minimum Gasteiger partial charge on any atom is -0.351 e. The lowest BCUT2D eigenvalue weighted by atomic mass is 10.2. The van der Waals surface area contributed by atoms with E-state index in [9.17, 15) is 4.79 Å². The lowest BCUT2D eigenvalue weighted by Gasteiger charge is -2.18. The van der Waals surface area contributed by atoms with Crippen LogP contribution in [0.4, 0.5) is 5.82 Å². The van der Waals surface area contributed by atoms with Crippen molar-refractivity contribution in [2.24, 2.45) is 0 Å². The summed E-state index contributed by atoms with van der Waals surface area (Å²) in [7, 11) is 0. The molecule has 1 aliphatic heterocycles. The van der Waals surface area contributed by atoms with Crippen molar-refractivity contribution in [3.63, 3.8) is 0 Å². The van der Waals surface area contributed by atoms with Gasteiger partial charge in [-0.3, -0.25) is 9.20 Å². The number of hydrogen-bond donors (Lipinski definition) is 1. The number of amides is 1. The molecule has 1 atom stereocenters. The van der Waals surface area contributed by atoms with Gasteiger partial charge >= 0.3 is 0 Å². The second-order valence-electron chi connectivity index (χ2n) is 5.23. The summed E-state index contributed by atoms with van der Waals surface area (Å²) in [4.78, 5) is 18.7. The predicted octanol–water partition coefficient (Wildman–Crippen LogP) is 1.19. The molecule has 0 spiro atoms. The number of fused-ring (bicyclic) bond motifs is 1. The van der Waals surface area contributed by atoms with Crippen molar-refractivity contribution in [2.45, 2.75) is 12.5 Å². The standard InChI is InChI=1S/C14H14N6OS/c21-14(10-2-6-22-8-10)17-11-1-4-19(7-11)12-13-18-16-9-20(13)5-3-15-12/h2-3,5-6,8-9,11H,1,4,7H2,(H,17,21)/t11-/m0/s1. The van der Waals surface area contributed by atoms with Gasteiger partial charge in [-0.2, -0.15) is 11.3 Å². The van der Waals surface area contributed by atoms with Gasteiger partial charge in [0.05, 0.1) is 0 Å². The number of rotatable bonds is 3. The van der Waals surface area contributed by atoms with Gasteiger partial charge in [-0.1, -0.05) is 0 Å². The summed E-state index contributed by atoms with van der Waals surface area (Å²) < 4.78 is 1.85. The van der Waals surface area contributed by atoms with Gasteiger partial charge in [-0.05, 0) is 17.9 Å². The Morgan fingerprint density at radius 2 is 2.41 bits per heavy atom. The average Bonchev–Trinajstić information content (AvgIpc) is 3.27. The first-order valence-electron chi connectivity index (χ1n) is 7.03. The third kappa shape index (κ3) is 2.31. The first-order valence-corrected chi connectivity index (χ1v) is 7.98. The summed E-state index contributed by atoms with van der Waals surface area (Å²) in [6.45, 7) is 1.57. The van der Waals surface area contributed by atoms with E-state index in [1.165, 1.54) is 11.3 Å². The number of nitrogens with one attached hydrogen (secondary N) is 1. The first kappa shape index (κ1) is 13.2. The van der Waals surface area contributed by atoms with Crippen molar-refractivity contribution in [2.75, 3.05) is 18.0 Å². The highest BCUT2D eigenvalue weighted by Crippen LogP contribution is 2.21. The summed E-state index contributed by atoms with van der Waals surface area (Å²) in [6.07, 6.45) is 6.12. The lowest BCUT2D eigenvalue weighted by molar-refractivity contribution is 0.0941. The normalized spacial score (nSPS) is 18.0. The third-order valence-corrected chi connectivity index (χ3v) is 4.49. The number of thiophene rings is 1. The molecule has 1 aliphatic rings. The Kier molecular flexibility index (Phi) is 3.23. The Labute approximate surface area is 130 Å². The Morgan fingerprint density at radius 3 is 3.27 bits per heavy atom. The van der Waals surface area contributed by atoms with Gasteiger partial charge in [0.1, 0.15) is 6.33 Å².